The van der Waals surface area contributed by atoms with Crippen LogP contribution in [-0.4, -0.2) is 24.4 Å². The zero-order valence-electron chi connectivity index (χ0n) is 6.92. The molecular formula is C8H15NO. The maximum Gasteiger partial charge on any atom is 0.245 e. The Morgan fingerprint density at radius 2 is 2.20 bits per heavy atom. The lowest BCUT2D eigenvalue weighted by Crippen LogP contribution is -2.28. The number of carbonyl (C=O) groups is 1. The highest BCUT2D eigenvalue weighted by Gasteiger charge is 2.04. The summed E-state index contributed by atoms with van der Waals surface area (Å²) in [6.07, 6.45) is 1.34. The van der Waals surface area contributed by atoms with Gasteiger partial charge in [0.1, 0.15) is 0 Å². The van der Waals surface area contributed by atoms with E-state index in [4.69, 9.17) is 0 Å². The van der Waals surface area contributed by atoms with Gasteiger partial charge in [-0.3, -0.25) is 4.79 Å². The van der Waals surface area contributed by atoms with E-state index in [0.717, 1.165) is 6.54 Å². The Bertz CT molecular complexity index is 129. The van der Waals surface area contributed by atoms with Crippen molar-refractivity contribution in [1.29, 1.82) is 0 Å². The Hall–Kier alpha value is -0.790. The van der Waals surface area contributed by atoms with E-state index in [0.29, 0.717) is 5.92 Å². The number of rotatable bonds is 3. The molecule has 10 heavy (non-hydrogen) atoms. The second-order valence-electron chi connectivity index (χ2n) is 2.82. The van der Waals surface area contributed by atoms with E-state index >= 15 is 0 Å². The van der Waals surface area contributed by atoms with E-state index < -0.39 is 0 Å². The first-order valence-corrected chi connectivity index (χ1v) is 3.45. The summed E-state index contributed by atoms with van der Waals surface area (Å²) in [6, 6.07) is 0. The van der Waals surface area contributed by atoms with E-state index in [-0.39, 0.29) is 5.91 Å². The van der Waals surface area contributed by atoms with Crippen LogP contribution >= 0.6 is 0 Å². The normalized spacial score (nSPS) is 9.60. The van der Waals surface area contributed by atoms with Crippen LogP contribution in [0.1, 0.15) is 13.8 Å². The second-order valence-corrected chi connectivity index (χ2v) is 2.82. The molecule has 58 valence electrons. The van der Waals surface area contributed by atoms with Gasteiger partial charge in [-0.05, 0) is 12.0 Å². The topological polar surface area (TPSA) is 20.3 Å². The van der Waals surface area contributed by atoms with Crippen molar-refractivity contribution < 1.29 is 4.79 Å². The van der Waals surface area contributed by atoms with Gasteiger partial charge in [0, 0.05) is 13.6 Å². The molecule has 0 spiro atoms. The van der Waals surface area contributed by atoms with Crippen LogP contribution in [-0.2, 0) is 4.79 Å². The number of hydrogen-bond acceptors (Lipinski definition) is 1. The average molecular weight is 141 g/mol. The molecule has 2 heteroatoms. The summed E-state index contributed by atoms with van der Waals surface area (Å²) in [5.74, 6) is 0.516. The predicted octanol–water partition coefficient (Wildman–Crippen LogP) is 1.29. The molecule has 0 saturated heterocycles. The zero-order valence-corrected chi connectivity index (χ0v) is 6.92. The monoisotopic (exact) mass is 141 g/mol. The SMILES string of the molecule is C=CC(=O)N(C)CC(C)C. The van der Waals surface area contributed by atoms with Crippen molar-refractivity contribution in [2.45, 2.75) is 13.8 Å². The van der Waals surface area contributed by atoms with Gasteiger partial charge in [0.25, 0.3) is 0 Å². The van der Waals surface area contributed by atoms with Gasteiger partial charge < -0.3 is 4.90 Å². The number of carbonyl (C=O) groups excluding carboxylic acids is 1. The summed E-state index contributed by atoms with van der Waals surface area (Å²) >= 11 is 0. The number of hydrogen-bond donors (Lipinski definition) is 0. The molecule has 0 unspecified atom stereocenters. The van der Waals surface area contributed by atoms with Gasteiger partial charge >= 0.3 is 0 Å². The second kappa shape index (κ2) is 4.09. The molecule has 0 aliphatic rings. The van der Waals surface area contributed by atoms with Crippen LogP contribution in [0.3, 0.4) is 0 Å². The van der Waals surface area contributed by atoms with Crippen molar-refractivity contribution in [3.05, 3.63) is 12.7 Å². The van der Waals surface area contributed by atoms with Gasteiger partial charge in [-0.1, -0.05) is 20.4 Å². The molecule has 0 saturated carbocycles. The van der Waals surface area contributed by atoms with Gasteiger partial charge in [0.2, 0.25) is 5.91 Å². The molecule has 0 radical (unpaired) electrons. The van der Waals surface area contributed by atoms with Crippen LogP contribution < -0.4 is 0 Å². The standard InChI is InChI=1S/C8H15NO/c1-5-8(10)9(4)6-7(2)3/h5,7H,1,6H2,2-4H3. The highest BCUT2D eigenvalue weighted by molar-refractivity contribution is 5.86. The molecule has 0 heterocycles. The minimum Gasteiger partial charge on any atom is -0.342 e. The molecule has 0 aromatic heterocycles. The summed E-state index contributed by atoms with van der Waals surface area (Å²) in [4.78, 5) is 12.5. The van der Waals surface area contributed by atoms with Crippen molar-refractivity contribution in [2.24, 2.45) is 5.92 Å². The molecule has 0 atom stereocenters. The van der Waals surface area contributed by atoms with Crippen LogP contribution in [0.5, 0.6) is 0 Å². The van der Waals surface area contributed by atoms with Crippen molar-refractivity contribution in [3.8, 4) is 0 Å². The van der Waals surface area contributed by atoms with Gasteiger partial charge in [-0.2, -0.15) is 0 Å². The Labute approximate surface area is 62.5 Å². The minimum absolute atomic E-state index is 0.00583. The average Bonchev–Trinajstić information content (AvgIpc) is 1.85. The van der Waals surface area contributed by atoms with Crippen LogP contribution in [0.15, 0.2) is 12.7 Å². The smallest absolute Gasteiger partial charge is 0.245 e. The summed E-state index contributed by atoms with van der Waals surface area (Å²) in [7, 11) is 1.78. The zero-order chi connectivity index (χ0) is 8.15. The molecule has 0 aromatic carbocycles. The van der Waals surface area contributed by atoms with Gasteiger partial charge in [-0.25, -0.2) is 0 Å². The first-order valence-electron chi connectivity index (χ1n) is 3.45. The van der Waals surface area contributed by atoms with Crippen molar-refractivity contribution >= 4 is 5.91 Å². The van der Waals surface area contributed by atoms with E-state index in [9.17, 15) is 4.79 Å². The third kappa shape index (κ3) is 3.28. The van der Waals surface area contributed by atoms with Crippen LogP contribution in [0.25, 0.3) is 0 Å². The van der Waals surface area contributed by atoms with Crippen molar-refractivity contribution in [3.63, 3.8) is 0 Å². The molecule has 0 bridgehead atoms. The number of nitrogens with zero attached hydrogens (tertiary/aromatic N) is 1. The highest BCUT2D eigenvalue weighted by Crippen LogP contribution is 1.95. The lowest BCUT2D eigenvalue weighted by Gasteiger charge is -2.16. The molecule has 0 rings (SSSR count). The Kier molecular flexibility index (Phi) is 3.77. The molecule has 0 fully saturated rings. The summed E-state index contributed by atoms with van der Waals surface area (Å²) in [5, 5.41) is 0. The predicted molar refractivity (Wildman–Crippen MR) is 42.7 cm³/mol. The highest BCUT2D eigenvalue weighted by atomic mass is 16.2. The Morgan fingerprint density at radius 3 is 2.50 bits per heavy atom. The van der Waals surface area contributed by atoms with Crippen LogP contribution in [0.2, 0.25) is 0 Å². The summed E-state index contributed by atoms with van der Waals surface area (Å²) < 4.78 is 0. The summed E-state index contributed by atoms with van der Waals surface area (Å²) in [5.41, 5.74) is 0. The first-order chi connectivity index (χ1) is 4.57. The molecule has 1 amide bonds. The number of amides is 1. The molecule has 0 N–H and O–H groups in total. The molecule has 2 nitrogen and oxygen atoms in total. The molecule has 0 aliphatic heterocycles. The lowest BCUT2D eigenvalue weighted by atomic mass is 10.2. The van der Waals surface area contributed by atoms with Crippen molar-refractivity contribution in [1.82, 2.24) is 4.90 Å². The Balaban J connectivity index is 3.72. The lowest BCUT2D eigenvalue weighted by molar-refractivity contribution is -0.125. The first kappa shape index (κ1) is 9.21. The fourth-order valence-electron chi connectivity index (χ4n) is 0.794. The van der Waals surface area contributed by atoms with Crippen LogP contribution in [0.4, 0.5) is 0 Å². The van der Waals surface area contributed by atoms with Gasteiger partial charge in [-0.15, -0.1) is 0 Å². The summed E-state index contributed by atoms with van der Waals surface area (Å²) in [6.45, 7) is 8.35. The van der Waals surface area contributed by atoms with Gasteiger partial charge in [0.15, 0.2) is 0 Å². The fraction of sp³-hybridized carbons (Fsp3) is 0.625. The van der Waals surface area contributed by atoms with E-state index in [1.807, 2.05) is 0 Å². The van der Waals surface area contributed by atoms with Crippen LogP contribution in [0, 0.1) is 5.92 Å². The largest absolute Gasteiger partial charge is 0.342 e. The van der Waals surface area contributed by atoms with Gasteiger partial charge in [0.05, 0.1) is 0 Å². The van der Waals surface area contributed by atoms with E-state index in [1.54, 1.807) is 11.9 Å². The fourth-order valence-corrected chi connectivity index (χ4v) is 0.794. The van der Waals surface area contributed by atoms with E-state index in [2.05, 4.69) is 20.4 Å². The molecule has 0 aromatic rings. The maximum absolute atomic E-state index is 10.9. The number of likely N-dealkylation sites (N-methyl/N-ethyl adjacent to an activating group) is 1. The minimum atomic E-state index is -0.00583. The van der Waals surface area contributed by atoms with E-state index in [1.165, 1.54) is 6.08 Å². The molecule has 0 aliphatic carbocycles. The molecular weight excluding hydrogens is 126 g/mol. The third-order valence-electron chi connectivity index (χ3n) is 1.19. The quantitative estimate of drug-likeness (QED) is 0.542. The Morgan fingerprint density at radius 1 is 1.70 bits per heavy atom. The third-order valence-corrected chi connectivity index (χ3v) is 1.19. The van der Waals surface area contributed by atoms with Crippen molar-refractivity contribution in [2.75, 3.05) is 13.6 Å². The maximum atomic E-state index is 10.9.